The second-order valence-corrected chi connectivity index (χ2v) is 8.61. The molecule has 1 aliphatic rings. The molecule has 3 rings (SSSR count). The van der Waals surface area contributed by atoms with Crippen molar-refractivity contribution >= 4 is 10.0 Å². The van der Waals surface area contributed by atoms with Crippen LogP contribution in [-0.2, 0) is 10.0 Å². The van der Waals surface area contributed by atoms with Gasteiger partial charge in [-0.05, 0) is 38.0 Å². The van der Waals surface area contributed by atoms with Gasteiger partial charge in [-0.3, -0.25) is 0 Å². The highest BCUT2D eigenvalue weighted by atomic mass is 32.2. The van der Waals surface area contributed by atoms with Gasteiger partial charge in [0.15, 0.2) is 0 Å². The maximum atomic E-state index is 13.4. The number of hydrogen-bond acceptors (Lipinski definition) is 3. The third-order valence-electron chi connectivity index (χ3n) is 4.95. The summed E-state index contributed by atoms with van der Waals surface area (Å²) in [5.74, 6) is 0. The van der Waals surface area contributed by atoms with E-state index in [9.17, 15) is 8.42 Å². The molecular formula is C20H26N2O2S. The second-order valence-electron chi connectivity index (χ2n) is 6.77. The first-order chi connectivity index (χ1) is 11.9. The van der Waals surface area contributed by atoms with Crippen LogP contribution in [0.25, 0.3) is 0 Å². The fraction of sp³-hybridized carbons (Fsp3) is 0.400. The van der Waals surface area contributed by atoms with Crippen molar-refractivity contribution in [1.82, 2.24) is 9.62 Å². The molecule has 4 nitrogen and oxygen atoms in total. The van der Waals surface area contributed by atoms with Crippen LogP contribution in [0.5, 0.6) is 0 Å². The lowest BCUT2D eigenvalue weighted by Crippen LogP contribution is -2.59. The fourth-order valence-corrected chi connectivity index (χ4v) is 5.56. The first kappa shape index (κ1) is 18.1. The van der Waals surface area contributed by atoms with Crippen molar-refractivity contribution in [3.8, 4) is 0 Å². The van der Waals surface area contributed by atoms with E-state index in [0.717, 1.165) is 17.5 Å². The van der Waals surface area contributed by atoms with Crippen molar-refractivity contribution in [3.05, 3.63) is 65.7 Å². The molecule has 2 aromatic carbocycles. The first-order valence-corrected chi connectivity index (χ1v) is 10.3. The van der Waals surface area contributed by atoms with Crippen molar-refractivity contribution in [1.29, 1.82) is 0 Å². The Labute approximate surface area is 150 Å². The van der Waals surface area contributed by atoms with Crippen molar-refractivity contribution in [2.75, 3.05) is 6.54 Å². The van der Waals surface area contributed by atoms with Gasteiger partial charge in [0.05, 0.1) is 4.90 Å². The topological polar surface area (TPSA) is 49.4 Å². The zero-order chi connectivity index (χ0) is 18.0. The minimum Gasteiger partial charge on any atom is -0.307 e. The van der Waals surface area contributed by atoms with Gasteiger partial charge in [0.25, 0.3) is 0 Å². The van der Waals surface area contributed by atoms with Crippen LogP contribution in [0.15, 0.2) is 59.5 Å². The Morgan fingerprint density at radius 3 is 2.32 bits per heavy atom. The molecule has 3 atom stereocenters. The Hall–Kier alpha value is -1.69. The van der Waals surface area contributed by atoms with Crippen molar-refractivity contribution in [3.63, 3.8) is 0 Å². The zero-order valence-electron chi connectivity index (χ0n) is 15.0. The van der Waals surface area contributed by atoms with Crippen LogP contribution in [0.2, 0.25) is 0 Å². The summed E-state index contributed by atoms with van der Waals surface area (Å²) in [6, 6.07) is 17.0. The first-order valence-electron chi connectivity index (χ1n) is 8.83. The molecule has 0 bridgehead atoms. The Balaban J connectivity index is 2.01. The molecule has 1 heterocycles. The van der Waals surface area contributed by atoms with Crippen molar-refractivity contribution in [2.24, 2.45) is 0 Å². The van der Waals surface area contributed by atoms with E-state index >= 15 is 0 Å². The normalized spacial score (nSPS) is 25.0. The van der Waals surface area contributed by atoms with E-state index in [4.69, 9.17) is 0 Å². The SMILES string of the molecule is CC[C@H]1[C@@H](c2ccccc2)NCC(C)N1S(=O)(=O)c1ccc(C)cc1. The summed E-state index contributed by atoms with van der Waals surface area (Å²) < 4.78 is 28.4. The third-order valence-corrected chi connectivity index (χ3v) is 7.01. The van der Waals surface area contributed by atoms with E-state index in [1.165, 1.54) is 0 Å². The number of sulfonamides is 1. The summed E-state index contributed by atoms with van der Waals surface area (Å²) in [6.07, 6.45) is 0.752. The van der Waals surface area contributed by atoms with Crippen molar-refractivity contribution in [2.45, 2.75) is 50.2 Å². The molecule has 1 unspecified atom stereocenters. The van der Waals surface area contributed by atoms with Gasteiger partial charge >= 0.3 is 0 Å². The van der Waals surface area contributed by atoms with Gasteiger partial charge in [0, 0.05) is 24.7 Å². The summed E-state index contributed by atoms with van der Waals surface area (Å²) in [5, 5.41) is 3.54. The maximum Gasteiger partial charge on any atom is 0.243 e. The van der Waals surface area contributed by atoms with Crippen LogP contribution in [0.1, 0.15) is 37.4 Å². The van der Waals surface area contributed by atoms with E-state index in [0.29, 0.717) is 11.4 Å². The van der Waals surface area contributed by atoms with E-state index in [2.05, 4.69) is 24.4 Å². The Morgan fingerprint density at radius 2 is 1.72 bits per heavy atom. The molecule has 2 aromatic rings. The van der Waals surface area contributed by atoms with Gasteiger partial charge in [-0.1, -0.05) is 55.0 Å². The number of rotatable bonds is 4. The van der Waals surface area contributed by atoms with E-state index in [-0.39, 0.29) is 18.1 Å². The molecule has 134 valence electrons. The summed E-state index contributed by atoms with van der Waals surface area (Å²) in [7, 11) is -3.54. The van der Waals surface area contributed by atoms with Crippen LogP contribution in [-0.4, -0.2) is 31.4 Å². The molecule has 0 aromatic heterocycles. The van der Waals surface area contributed by atoms with Gasteiger partial charge in [-0.2, -0.15) is 4.31 Å². The molecule has 1 N–H and O–H groups in total. The molecule has 1 fully saturated rings. The molecule has 0 saturated carbocycles. The van der Waals surface area contributed by atoms with Crippen LogP contribution in [0.3, 0.4) is 0 Å². The van der Waals surface area contributed by atoms with Crippen LogP contribution in [0.4, 0.5) is 0 Å². The predicted octanol–water partition coefficient (Wildman–Crippen LogP) is 3.50. The van der Waals surface area contributed by atoms with Crippen LogP contribution < -0.4 is 5.32 Å². The largest absolute Gasteiger partial charge is 0.307 e. The minimum absolute atomic E-state index is 0.00243. The monoisotopic (exact) mass is 358 g/mol. The average molecular weight is 359 g/mol. The molecule has 0 spiro atoms. The van der Waals surface area contributed by atoms with Crippen LogP contribution in [0, 0.1) is 6.92 Å². The Morgan fingerprint density at radius 1 is 1.08 bits per heavy atom. The van der Waals surface area contributed by atoms with Crippen molar-refractivity contribution < 1.29 is 8.42 Å². The lowest BCUT2D eigenvalue weighted by Gasteiger charge is -2.44. The van der Waals surface area contributed by atoms with Gasteiger partial charge in [0.1, 0.15) is 0 Å². The van der Waals surface area contributed by atoms with Gasteiger partial charge < -0.3 is 5.32 Å². The molecule has 1 aliphatic heterocycles. The predicted molar refractivity (Wildman–Crippen MR) is 101 cm³/mol. The number of nitrogens with one attached hydrogen (secondary N) is 1. The molecule has 25 heavy (non-hydrogen) atoms. The average Bonchev–Trinajstić information content (AvgIpc) is 2.62. The quantitative estimate of drug-likeness (QED) is 0.910. The number of piperazine rings is 1. The fourth-order valence-electron chi connectivity index (χ4n) is 3.66. The van der Waals surface area contributed by atoms with Gasteiger partial charge in [-0.25, -0.2) is 8.42 Å². The number of benzene rings is 2. The van der Waals surface area contributed by atoms with Gasteiger partial charge in [0.2, 0.25) is 10.0 Å². The molecule has 0 amide bonds. The number of aryl methyl sites for hydroxylation is 1. The van der Waals surface area contributed by atoms with E-state index < -0.39 is 10.0 Å². The Kier molecular flexibility index (Phi) is 5.27. The zero-order valence-corrected chi connectivity index (χ0v) is 15.8. The molecule has 0 aliphatic carbocycles. The molecule has 1 saturated heterocycles. The number of hydrogen-bond donors (Lipinski definition) is 1. The van der Waals surface area contributed by atoms with Gasteiger partial charge in [-0.15, -0.1) is 0 Å². The van der Waals surface area contributed by atoms with E-state index in [1.54, 1.807) is 16.4 Å². The second kappa shape index (κ2) is 7.28. The molecule has 0 radical (unpaired) electrons. The summed E-state index contributed by atoms with van der Waals surface area (Å²) in [4.78, 5) is 0.372. The highest BCUT2D eigenvalue weighted by Crippen LogP contribution is 2.33. The molecular weight excluding hydrogens is 332 g/mol. The summed E-state index contributed by atoms with van der Waals surface area (Å²) in [6.45, 7) is 6.63. The maximum absolute atomic E-state index is 13.4. The lowest BCUT2D eigenvalue weighted by molar-refractivity contribution is 0.154. The number of nitrogens with zero attached hydrogens (tertiary/aromatic N) is 1. The van der Waals surface area contributed by atoms with Crippen LogP contribution >= 0.6 is 0 Å². The highest BCUT2D eigenvalue weighted by molar-refractivity contribution is 7.89. The third kappa shape index (κ3) is 3.50. The van der Waals surface area contributed by atoms with E-state index in [1.807, 2.05) is 44.2 Å². The summed E-state index contributed by atoms with van der Waals surface area (Å²) >= 11 is 0. The molecule has 5 heteroatoms. The minimum atomic E-state index is -3.54. The smallest absolute Gasteiger partial charge is 0.243 e. The summed E-state index contributed by atoms with van der Waals surface area (Å²) in [5.41, 5.74) is 2.19. The highest BCUT2D eigenvalue weighted by Gasteiger charge is 2.42. The standard InChI is InChI=1S/C20H26N2O2S/c1-4-19-20(17-8-6-5-7-9-17)21-14-16(3)22(19)25(23,24)18-12-10-15(2)11-13-18/h5-13,16,19-21H,4,14H2,1-3H3/t16?,19-,20+/m0/s1. The lowest BCUT2D eigenvalue weighted by atomic mass is 9.94. The Bertz CT molecular complexity index is 803.